The van der Waals surface area contributed by atoms with E-state index in [0.29, 0.717) is 31.3 Å². The Kier molecular flexibility index (Phi) is 7.16. The number of fused-ring (bicyclic) bond motifs is 1. The van der Waals surface area contributed by atoms with E-state index in [1.165, 1.54) is 11.3 Å². The van der Waals surface area contributed by atoms with Crippen LogP contribution in [0.3, 0.4) is 0 Å². The van der Waals surface area contributed by atoms with E-state index in [1.807, 2.05) is 4.90 Å². The van der Waals surface area contributed by atoms with Crippen molar-refractivity contribution in [2.24, 2.45) is 0 Å². The van der Waals surface area contributed by atoms with Crippen LogP contribution >= 0.6 is 11.3 Å². The largest absolute Gasteiger partial charge is 0.478 e. The summed E-state index contributed by atoms with van der Waals surface area (Å²) in [6.45, 7) is 2.43. The molecular formula is C16H24N2O5S. The van der Waals surface area contributed by atoms with Gasteiger partial charge < -0.3 is 19.9 Å². The Balaban J connectivity index is 2.01. The second-order valence-electron chi connectivity index (χ2n) is 5.68. The van der Waals surface area contributed by atoms with Crippen LogP contribution in [0.25, 0.3) is 0 Å². The summed E-state index contributed by atoms with van der Waals surface area (Å²) in [6.07, 6.45) is 2.65. The van der Waals surface area contributed by atoms with Crippen molar-refractivity contribution in [2.45, 2.75) is 19.3 Å². The number of carbonyl (C=O) groups is 2. The first-order chi connectivity index (χ1) is 11.6. The minimum atomic E-state index is -0.972. The maximum Gasteiger partial charge on any atom is 0.339 e. The number of ether oxygens (including phenoxy) is 2. The van der Waals surface area contributed by atoms with Crippen molar-refractivity contribution >= 4 is 28.2 Å². The van der Waals surface area contributed by atoms with Gasteiger partial charge in [-0.1, -0.05) is 0 Å². The number of nitrogens with zero attached hydrogens (tertiary/aromatic N) is 1. The van der Waals surface area contributed by atoms with Gasteiger partial charge in [0.1, 0.15) is 5.00 Å². The molecule has 1 heterocycles. The quantitative estimate of drug-likeness (QED) is 0.660. The normalized spacial score (nSPS) is 13.3. The fraction of sp³-hybridized carbons (Fsp3) is 0.625. The molecule has 0 aliphatic heterocycles. The summed E-state index contributed by atoms with van der Waals surface area (Å²) < 4.78 is 10.1. The first-order valence-corrected chi connectivity index (χ1v) is 8.76. The van der Waals surface area contributed by atoms with E-state index < -0.39 is 5.97 Å². The highest BCUT2D eigenvalue weighted by molar-refractivity contribution is 7.17. The molecule has 0 aromatic carbocycles. The SMILES string of the molecule is COCCN(CCOC)CC(=O)Nc1sc2c(c1C(=O)O)CCC2. The summed E-state index contributed by atoms with van der Waals surface area (Å²) in [4.78, 5) is 26.9. The van der Waals surface area contributed by atoms with Crippen molar-refractivity contribution in [3.63, 3.8) is 0 Å². The molecule has 1 aromatic heterocycles. The van der Waals surface area contributed by atoms with Crippen LogP contribution in [0.15, 0.2) is 0 Å². The fourth-order valence-electron chi connectivity index (χ4n) is 2.80. The zero-order valence-corrected chi connectivity index (χ0v) is 14.9. The number of aryl methyl sites for hydroxylation is 1. The number of carbonyl (C=O) groups excluding carboxylic acids is 1. The van der Waals surface area contributed by atoms with E-state index in [2.05, 4.69) is 5.32 Å². The molecule has 8 heteroatoms. The van der Waals surface area contributed by atoms with Crippen LogP contribution in [0.5, 0.6) is 0 Å². The van der Waals surface area contributed by atoms with Crippen molar-refractivity contribution in [2.75, 3.05) is 52.4 Å². The zero-order chi connectivity index (χ0) is 17.5. The minimum Gasteiger partial charge on any atom is -0.478 e. The van der Waals surface area contributed by atoms with E-state index in [4.69, 9.17) is 9.47 Å². The molecule has 1 aliphatic rings. The van der Waals surface area contributed by atoms with Crippen molar-refractivity contribution < 1.29 is 24.2 Å². The molecular weight excluding hydrogens is 332 g/mol. The number of methoxy groups -OCH3 is 2. The Bertz CT molecular complexity index is 579. The standard InChI is InChI=1S/C16H24N2O5S/c1-22-8-6-18(7-9-23-2)10-13(19)17-15-14(16(20)21)11-4-3-5-12(11)24-15/h3-10H2,1-2H3,(H,17,19)(H,20,21). The zero-order valence-electron chi connectivity index (χ0n) is 14.1. The number of anilines is 1. The summed E-state index contributed by atoms with van der Waals surface area (Å²) >= 11 is 1.39. The Morgan fingerprint density at radius 1 is 1.21 bits per heavy atom. The molecule has 0 saturated heterocycles. The van der Waals surface area contributed by atoms with Gasteiger partial charge in [-0.3, -0.25) is 9.69 Å². The van der Waals surface area contributed by atoms with Crippen molar-refractivity contribution in [1.82, 2.24) is 4.90 Å². The van der Waals surface area contributed by atoms with Crippen LogP contribution in [-0.4, -0.2) is 69.0 Å². The first kappa shape index (κ1) is 18.9. The van der Waals surface area contributed by atoms with Crippen LogP contribution in [-0.2, 0) is 27.1 Å². The van der Waals surface area contributed by atoms with Gasteiger partial charge in [-0.2, -0.15) is 0 Å². The molecule has 24 heavy (non-hydrogen) atoms. The highest BCUT2D eigenvalue weighted by Crippen LogP contribution is 2.39. The third-order valence-electron chi connectivity index (χ3n) is 3.98. The van der Waals surface area contributed by atoms with E-state index >= 15 is 0 Å². The highest BCUT2D eigenvalue weighted by atomic mass is 32.1. The lowest BCUT2D eigenvalue weighted by Gasteiger charge is -2.20. The Hall–Kier alpha value is -1.48. The number of hydrogen-bond donors (Lipinski definition) is 2. The molecule has 1 amide bonds. The van der Waals surface area contributed by atoms with Crippen molar-refractivity contribution in [3.05, 3.63) is 16.0 Å². The van der Waals surface area contributed by atoms with Gasteiger partial charge in [0.2, 0.25) is 5.91 Å². The summed E-state index contributed by atoms with van der Waals surface area (Å²) in [5.41, 5.74) is 1.15. The number of rotatable bonds is 10. The Labute approximate surface area is 145 Å². The Morgan fingerprint density at radius 3 is 2.46 bits per heavy atom. The second-order valence-corrected chi connectivity index (χ2v) is 6.78. The van der Waals surface area contributed by atoms with Crippen LogP contribution in [0.2, 0.25) is 0 Å². The van der Waals surface area contributed by atoms with Gasteiger partial charge in [-0.25, -0.2) is 4.79 Å². The molecule has 1 aliphatic carbocycles. The minimum absolute atomic E-state index is 0.175. The molecule has 134 valence electrons. The van der Waals surface area contributed by atoms with Gasteiger partial charge in [-0.15, -0.1) is 11.3 Å². The number of thiophene rings is 1. The molecule has 0 unspecified atom stereocenters. The Morgan fingerprint density at radius 2 is 1.88 bits per heavy atom. The van der Waals surface area contributed by atoms with E-state index in [-0.39, 0.29) is 18.0 Å². The molecule has 2 rings (SSSR count). The molecule has 0 spiro atoms. The molecule has 0 atom stereocenters. The summed E-state index contributed by atoms with van der Waals surface area (Å²) in [5.74, 6) is -1.19. The molecule has 1 aromatic rings. The lowest BCUT2D eigenvalue weighted by molar-refractivity contribution is -0.117. The third-order valence-corrected chi connectivity index (χ3v) is 5.19. The first-order valence-electron chi connectivity index (χ1n) is 7.94. The van der Waals surface area contributed by atoms with Gasteiger partial charge >= 0.3 is 5.97 Å². The molecule has 0 saturated carbocycles. The topological polar surface area (TPSA) is 88.1 Å². The van der Waals surface area contributed by atoms with Crippen LogP contribution < -0.4 is 5.32 Å². The van der Waals surface area contributed by atoms with Gasteiger partial charge in [0.05, 0.1) is 25.3 Å². The van der Waals surface area contributed by atoms with Crippen molar-refractivity contribution in [1.29, 1.82) is 0 Å². The molecule has 0 fully saturated rings. The predicted octanol–water partition coefficient (Wildman–Crippen LogP) is 1.47. The predicted molar refractivity (Wildman–Crippen MR) is 92.1 cm³/mol. The lowest BCUT2D eigenvalue weighted by atomic mass is 10.1. The van der Waals surface area contributed by atoms with Gasteiger partial charge in [0, 0.05) is 32.2 Å². The molecule has 7 nitrogen and oxygen atoms in total. The number of aromatic carboxylic acids is 1. The third kappa shape index (κ3) is 4.76. The van der Waals surface area contributed by atoms with Gasteiger partial charge in [-0.05, 0) is 24.8 Å². The molecule has 2 N–H and O–H groups in total. The maximum atomic E-state index is 12.3. The molecule has 0 bridgehead atoms. The van der Waals surface area contributed by atoms with E-state index in [0.717, 1.165) is 29.7 Å². The second kappa shape index (κ2) is 9.12. The highest BCUT2D eigenvalue weighted by Gasteiger charge is 2.27. The average molecular weight is 356 g/mol. The van der Waals surface area contributed by atoms with Crippen LogP contribution in [0, 0.1) is 0 Å². The molecule has 0 radical (unpaired) electrons. The maximum absolute atomic E-state index is 12.3. The monoisotopic (exact) mass is 356 g/mol. The van der Waals surface area contributed by atoms with Crippen LogP contribution in [0.4, 0.5) is 5.00 Å². The number of carboxylic acid groups (broad SMARTS) is 1. The lowest BCUT2D eigenvalue weighted by Crippen LogP contribution is -2.37. The van der Waals surface area contributed by atoms with E-state index in [9.17, 15) is 14.7 Å². The van der Waals surface area contributed by atoms with E-state index in [1.54, 1.807) is 14.2 Å². The number of hydrogen-bond acceptors (Lipinski definition) is 6. The van der Waals surface area contributed by atoms with Gasteiger partial charge in [0.15, 0.2) is 0 Å². The smallest absolute Gasteiger partial charge is 0.339 e. The van der Waals surface area contributed by atoms with Crippen molar-refractivity contribution in [3.8, 4) is 0 Å². The average Bonchev–Trinajstić information content (AvgIpc) is 3.09. The fourth-order valence-corrected chi connectivity index (χ4v) is 4.10. The number of nitrogens with one attached hydrogen (secondary N) is 1. The summed E-state index contributed by atoms with van der Waals surface area (Å²) in [6, 6.07) is 0. The number of amides is 1. The van der Waals surface area contributed by atoms with Crippen LogP contribution in [0.1, 0.15) is 27.2 Å². The number of carboxylic acids is 1. The summed E-state index contributed by atoms with van der Waals surface area (Å²) in [5, 5.41) is 12.7. The summed E-state index contributed by atoms with van der Waals surface area (Å²) in [7, 11) is 3.22. The van der Waals surface area contributed by atoms with Gasteiger partial charge in [0.25, 0.3) is 0 Å².